The van der Waals surface area contributed by atoms with Gasteiger partial charge in [0.1, 0.15) is 5.75 Å². The maximum Gasteiger partial charge on any atom is 0.360 e. The van der Waals surface area contributed by atoms with Crippen molar-refractivity contribution in [1.29, 1.82) is 0 Å². The molecule has 1 aromatic rings. The number of hydrogen-bond acceptors (Lipinski definition) is 4. The van der Waals surface area contributed by atoms with Crippen LogP contribution in [-0.2, 0) is 9.53 Å². The van der Waals surface area contributed by atoms with Crippen LogP contribution in [0.5, 0.6) is 5.75 Å². The molecular weight excluding hydrogens is 222 g/mol. The van der Waals surface area contributed by atoms with Gasteiger partial charge < -0.3 is 14.6 Å². The van der Waals surface area contributed by atoms with Crippen LogP contribution < -0.4 is 4.74 Å². The quantitative estimate of drug-likeness (QED) is 0.839. The minimum absolute atomic E-state index is 0.544. The molecule has 92 valence electrons. The van der Waals surface area contributed by atoms with Crippen LogP contribution in [0.2, 0.25) is 0 Å². The first kappa shape index (κ1) is 11.9. The number of nitrogens with zero attached hydrogens (tertiary/aromatic N) is 1. The number of morpholine rings is 1. The third kappa shape index (κ3) is 3.18. The SMILES string of the molecule is O=C(O)C(Oc1ccccc1)N1CCOCC1. The van der Waals surface area contributed by atoms with Gasteiger partial charge in [0.25, 0.3) is 6.23 Å². The van der Waals surface area contributed by atoms with E-state index < -0.39 is 12.2 Å². The summed E-state index contributed by atoms with van der Waals surface area (Å²) in [6.45, 7) is 2.23. The van der Waals surface area contributed by atoms with Crippen molar-refractivity contribution in [2.75, 3.05) is 26.3 Å². The van der Waals surface area contributed by atoms with Gasteiger partial charge in [0, 0.05) is 13.1 Å². The summed E-state index contributed by atoms with van der Waals surface area (Å²) in [5.74, 6) is -0.415. The van der Waals surface area contributed by atoms with Gasteiger partial charge in [-0.2, -0.15) is 0 Å². The summed E-state index contributed by atoms with van der Waals surface area (Å²) in [7, 11) is 0. The number of carboxylic acid groups (broad SMARTS) is 1. The Morgan fingerprint density at radius 2 is 1.94 bits per heavy atom. The zero-order valence-corrected chi connectivity index (χ0v) is 9.41. The lowest BCUT2D eigenvalue weighted by Crippen LogP contribution is -2.50. The lowest BCUT2D eigenvalue weighted by Gasteiger charge is -2.31. The fraction of sp³-hybridized carbons (Fsp3) is 0.417. The van der Waals surface area contributed by atoms with E-state index in [1.807, 2.05) is 18.2 Å². The van der Waals surface area contributed by atoms with Gasteiger partial charge in [0.05, 0.1) is 13.2 Å². The summed E-state index contributed by atoms with van der Waals surface area (Å²) < 4.78 is 10.7. The Bertz CT molecular complexity index is 362. The number of carboxylic acids is 1. The molecule has 0 radical (unpaired) electrons. The number of aliphatic carboxylic acids is 1. The van der Waals surface area contributed by atoms with Crippen molar-refractivity contribution in [3.8, 4) is 5.75 Å². The monoisotopic (exact) mass is 237 g/mol. The number of benzene rings is 1. The minimum atomic E-state index is -0.976. The van der Waals surface area contributed by atoms with E-state index >= 15 is 0 Å². The molecule has 1 atom stereocenters. The van der Waals surface area contributed by atoms with Crippen molar-refractivity contribution in [1.82, 2.24) is 4.90 Å². The summed E-state index contributed by atoms with van der Waals surface area (Å²) >= 11 is 0. The van der Waals surface area contributed by atoms with Crippen LogP contribution in [0.15, 0.2) is 30.3 Å². The molecule has 1 heterocycles. The van der Waals surface area contributed by atoms with Crippen LogP contribution in [-0.4, -0.2) is 48.5 Å². The summed E-state index contributed by atoms with van der Waals surface area (Å²) in [4.78, 5) is 13.0. The van der Waals surface area contributed by atoms with Crippen molar-refractivity contribution in [2.24, 2.45) is 0 Å². The smallest absolute Gasteiger partial charge is 0.360 e. The highest BCUT2D eigenvalue weighted by atomic mass is 16.5. The second-order valence-corrected chi connectivity index (χ2v) is 3.77. The molecule has 5 nitrogen and oxygen atoms in total. The van der Waals surface area contributed by atoms with Crippen molar-refractivity contribution < 1.29 is 19.4 Å². The second kappa shape index (κ2) is 5.65. The Hall–Kier alpha value is -1.59. The minimum Gasteiger partial charge on any atom is -0.477 e. The van der Waals surface area contributed by atoms with Crippen molar-refractivity contribution in [3.63, 3.8) is 0 Å². The van der Waals surface area contributed by atoms with E-state index in [4.69, 9.17) is 9.47 Å². The van der Waals surface area contributed by atoms with Gasteiger partial charge in [-0.25, -0.2) is 4.79 Å². The number of hydrogen-bond donors (Lipinski definition) is 1. The van der Waals surface area contributed by atoms with Crippen molar-refractivity contribution in [2.45, 2.75) is 6.23 Å². The van der Waals surface area contributed by atoms with Gasteiger partial charge in [-0.05, 0) is 12.1 Å². The van der Waals surface area contributed by atoms with Crippen LogP contribution in [0.1, 0.15) is 0 Å². The molecular formula is C12H15NO4. The molecule has 1 aliphatic heterocycles. The van der Waals surface area contributed by atoms with Crippen LogP contribution in [0.4, 0.5) is 0 Å². The first-order chi connectivity index (χ1) is 8.27. The van der Waals surface area contributed by atoms with E-state index in [0.717, 1.165) is 0 Å². The van der Waals surface area contributed by atoms with Crippen LogP contribution in [0.25, 0.3) is 0 Å². The molecule has 1 aromatic carbocycles. The summed E-state index contributed by atoms with van der Waals surface area (Å²) in [5.41, 5.74) is 0. The van der Waals surface area contributed by atoms with Crippen molar-refractivity contribution in [3.05, 3.63) is 30.3 Å². The summed E-state index contributed by atoms with van der Waals surface area (Å²) in [6.07, 6.45) is -0.943. The van der Waals surface area contributed by atoms with E-state index in [0.29, 0.717) is 32.1 Å². The topological polar surface area (TPSA) is 59.0 Å². The van der Waals surface area contributed by atoms with E-state index in [1.165, 1.54) is 0 Å². The molecule has 17 heavy (non-hydrogen) atoms. The number of rotatable bonds is 4. The second-order valence-electron chi connectivity index (χ2n) is 3.77. The Kier molecular flexibility index (Phi) is 3.95. The maximum absolute atomic E-state index is 11.2. The molecule has 1 N–H and O–H groups in total. The first-order valence-corrected chi connectivity index (χ1v) is 5.53. The molecule has 1 fully saturated rings. The zero-order chi connectivity index (χ0) is 12.1. The summed E-state index contributed by atoms with van der Waals surface area (Å²) in [6, 6.07) is 8.98. The average Bonchev–Trinajstić information content (AvgIpc) is 2.38. The van der Waals surface area contributed by atoms with Gasteiger partial charge in [-0.15, -0.1) is 0 Å². The van der Waals surface area contributed by atoms with Crippen molar-refractivity contribution >= 4 is 5.97 Å². The van der Waals surface area contributed by atoms with Crippen LogP contribution >= 0.6 is 0 Å². The molecule has 5 heteroatoms. The normalized spacial score (nSPS) is 18.6. The van der Waals surface area contributed by atoms with Crippen LogP contribution in [0.3, 0.4) is 0 Å². The standard InChI is InChI=1S/C12H15NO4/c14-12(15)11(13-6-8-16-9-7-13)17-10-4-2-1-3-5-10/h1-5,11H,6-9H2,(H,14,15). The van der Waals surface area contributed by atoms with Crippen LogP contribution in [0, 0.1) is 0 Å². The lowest BCUT2D eigenvalue weighted by atomic mass is 10.3. The van der Waals surface area contributed by atoms with Gasteiger partial charge in [-0.1, -0.05) is 18.2 Å². The zero-order valence-electron chi connectivity index (χ0n) is 9.41. The highest BCUT2D eigenvalue weighted by Crippen LogP contribution is 2.14. The molecule has 0 saturated carbocycles. The Morgan fingerprint density at radius 1 is 1.29 bits per heavy atom. The fourth-order valence-electron chi connectivity index (χ4n) is 1.72. The molecule has 0 amide bonds. The predicted octanol–water partition coefficient (Wildman–Crippen LogP) is 0.808. The van der Waals surface area contributed by atoms with E-state index in [2.05, 4.69) is 0 Å². The third-order valence-corrected chi connectivity index (χ3v) is 2.58. The first-order valence-electron chi connectivity index (χ1n) is 5.53. The van der Waals surface area contributed by atoms with E-state index in [1.54, 1.807) is 17.0 Å². The fourth-order valence-corrected chi connectivity index (χ4v) is 1.72. The number of para-hydroxylation sites is 1. The van der Waals surface area contributed by atoms with Gasteiger partial charge >= 0.3 is 5.97 Å². The van der Waals surface area contributed by atoms with Gasteiger partial charge in [0.15, 0.2) is 0 Å². The number of ether oxygens (including phenoxy) is 2. The molecule has 1 saturated heterocycles. The highest BCUT2D eigenvalue weighted by molar-refractivity contribution is 5.72. The lowest BCUT2D eigenvalue weighted by molar-refractivity contribution is -0.158. The Morgan fingerprint density at radius 3 is 2.53 bits per heavy atom. The van der Waals surface area contributed by atoms with E-state index in [9.17, 15) is 9.90 Å². The largest absolute Gasteiger partial charge is 0.477 e. The molecule has 1 unspecified atom stereocenters. The molecule has 1 aliphatic rings. The number of carbonyl (C=O) groups is 1. The molecule has 0 bridgehead atoms. The maximum atomic E-state index is 11.2. The predicted molar refractivity (Wildman–Crippen MR) is 60.9 cm³/mol. The molecule has 0 aromatic heterocycles. The Labute approximate surface area is 99.6 Å². The summed E-state index contributed by atoms with van der Waals surface area (Å²) in [5, 5.41) is 9.18. The van der Waals surface area contributed by atoms with E-state index in [-0.39, 0.29) is 0 Å². The molecule has 2 rings (SSSR count). The molecule has 0 spiro atoms. The van der Waals surface area contributed by atoms with Gasteiger partial charge in [0.2, 0.25) is 0 Å². The van der Waals surface area contributed by atoms with Gasteiger partial charge in [-0.3, -0.25) is 4.90 Å². The Balaban J connectivity index is 2.04. The third-order valence-electron chi connectivity index (χ3n) is 2.58. The average molecular weight is 237 g/mol. The molecule has 0 aliphatic carbocycles. The highest BCUT2D eigenvalue weighted by Gasteiger charge is 2.28.